The number of rotatable bonds is 20. The second-order valence-corrected chi connectivity index (χ2v) is 22.3. The number of benzene rings is 4. The number of thioether (sulfide) groups is 2. The van der Waals surface area contributed by atoms with Gasteiger partial charge < -0.3 is 43.9 Å². The van der Waals surface area contributed by atoms with E-state index in [9.17, 15) is 46.5 Å². The maximum atomic E-state index is 14.3. The molecule has 24 heteroatoms. The van der Waals surface area contributed by atoms with E-state index in [0.717, 1.165) is 40.6 Å². The highest BCUT2D eigenvalue weighted by atomic mass is 32.2. The highest BCUT2D eigenvalue weighted by Gasteiger charge is 2.32. The van der Waals surface area contributed by atoms with Crippen LogP contribution in [0.5, 0.6) is 34.5 Å². The van der Waals surface area contributed by atoms with Crippen LogP contribution in [0.1, 0.15) is 69.4 Å². The first-order valence-electron chi connectivity index (χ1n) is 25.5. The van der Waals surface area contributed by atoms with Gasteiger partial charge >= 0.3 is 0 Å². The Hall–Kier alpha value is -7.93. The van der Waals surface area contributed by atoms with Crippen molar-refractivity contribution in [3.8, 4) is 56.8 Å². The molecule has 83 heavy (non-hydrogen) atoms. The number of hydrogen-bond acceptors (Lipinski definition) is 18. The van der Waals surface area contributed by atoms with Gasteiger partial charge in [-0.2, -0.15) is 8.42 Å². The molecule has 0 unspecified atom stereocenters. The van der Waals surface area contributed by atoms with Crippen molar-refractivity contribution in [2.45, 2.75) is 73.6 Å². The summed E-state index contributed by atoms with van der Waals surface area (Å²) in [5, 5.41) is 15.6. The first-order chi connectivity index (χ1) is 39.7. The van der Waals surface area contributed by atoms with E-state index in [2.05, 4.69) is 15.5 Å². The molecule has 0 saturated heterocycles. The molecule has 2 atom stereocenters. The van der Waals surface area contributed by atoms with Crippen molar-refractivity contribution < 1.29 is 69.3 Å². The third-order valence-electron chi connectivity index (χ3n) is 13.7. The lowest BCUT2D eigenvalue weighted by Crippen LogP contribution is -2.30. The van der Waals surface area contributed by atoms with Crippen molar-refractivity contribution in [1.82, 2.24) is 10.6 Å². The summed E-state index contributed by atoms with van der Waals surface area (Å²) in [5.41, 5.74) is 6.67. The van der Waals surface area contributed by atoms with Gasteiger partial charge in [0.05, 0.1) is 90.2 Å². The Morgan fingerprint density at radius 1 is 0.590 bits per heavy atom. The van der Waals surface area contributed by atoms with Crippen LogP contribution in [0.4, 0.5) is 8.78 Å². The van der Waals surface area contributed by atoms with Gasteiger partial charge in [-0.25, -0.2) is 8.78 Å². The summed E-state index contributed by atoms with van der Waals surface area (Å²) in [5.74, 6) is 0.626. The minimum absolute atomic E-state index is 0.174. The second-order valence-electron chi connectivity index (χ2n) is 19.0. The van der Waals surface area contributed by atoms with Crippen LogP contribution in [0.2, 0.25) is 0 Å². The summed E-state index contributed by atoms with van der Waals surface area (Å²) < 4.78 is 89.9. The predicted molar refractivity (Wildman–Crippen MR) is 309 cm³/mol. The molecular formula is C59H61F2N3O16S3. The minimum Gasteiger partial charge on any atom is -0.493 e. The lowest BCUT2D eigenvalue weighted by atomic mass is 9.95. The number of amides is 2. The number of carbonyl (C=O) groups is 2. The molecule has 6 aromatic carbocycles. The molecule has 6 aromatic rings. The van der Waals surface area contributed by atoms with E-state index in [-0.39, 0.29) is 41.4 Å². The fourth-order valence-corrected chi connectivity index (χ4v) is 11.5. The van der Waals surface area contributed by atoms with Crippen molar-refractivity contribution in [1.29, 1.82) is 0 Å². The van der Waals surface area contributed by atoms with Gasteiger partial charge in [0.2, 0.25) is 23.3 Å². The van der Waals surface area contributed by atoms with Crippen LogP contribution in [0.15, 0.2) is 104 Å². The maximum Gasteiger partial charge on any atom is 0.294 e. The fourth-order valence-electron chi connectivity index (χ4n) is 10.2. The summed E-state index contributed by atoms with van der Waals surface area (Å²) in [6, 6.07) is 20.6. The van der Waals surface area contributed by atoms with E-state index in [1.54, 1.807) is 18.2 Å². The number of halogens is 2. The molecule has 0 fully saturated rings. The zero-order chi connectivity index (χ0) is 60.3. The highest BCUT2D eigenvalue weighted by molar-refractivity contribution is 7.98. The lowest BCUT2D eigenvalue weighted by molar-refractivity contribution is -0.763. The summed E-state index contributed by atoms with van der Waals surface area (Å²) in [7, 11) is 5.44. The Morgan fingerprint density at radius 2 is 0.988 bits per heavy atom. The maximum absolute atomic E-state index is 14.3. The van der Waals surface area contributed by atoms with Crippen LogP contribution in [-0.4, -0.2) is 86.7 Å². The first kappa shape index (κ1) is 62.7. The van der Waals surface area contributed by atoms with Crippen LogP contribution < -0.4 is 49.9 Å². The molecule has 0 aliphatic heterocycles. The number of nitrogens with one attached hydrogen (secondary N) is 2. The molecular weight excluding hydrogens is 1140 g/mol. The Bertz CT molecular complexity index is 3700. The summed E-state index contributed by atoms with van der Waals surface area (Å²) in [4.78, 5) is 68.8. The third kappa shape index (κ3) is 15.2. The molecule has 8 rings (SSSR count). The molecule has 2 aliphatic rings. The first-order valence-corrected chi connectivity index (χ1v) is 29.8. The molecule has 2 aliphatic carbocycles. The van der Waals surface area contributed by atoms with Gasteiger partial charge in [0.15, 0.2) is 33.9 Å². The largest absolute Gasteiger partial charge is 0.493 e. The van der Waals surface area contributed by atoms with Gasteiger partial charge in [0.1, 0.15) is 18.2 Å². The summed E-state index contributed by atoms with van der Waals surface area (Å²) >= 11 is 2.64. The Kier molecular flexibility index (Phi) is 21.1. The average molecular weight is 1200 g/mol. The third-order valence-corrected chi connectivity index (χ3v) is 15.8. The van der Waals surface area contributed by atoms with Crippen molar-refractivity contribution in [2.24, 2.45) is 0 Å². The number of methoxy groups -OCH3 is 6. The van der Waals surface area contributed by atoms with E-state index < -0.39 is 57.3 Å². The molecule has 0 saturated carbocycles. The van der Waals surface area contributed by atoms with Gasteiger partial charge in [0.25, 0.3) is 15.2 Å². The van der Waals surface area contributed by atoms with Crippen LogP contribution in [-0.2, 0) is 67.6 Å². The zero-order valence-corrected chi connectivity index (χ0v) is 49.3. The summed E-state index contributed by atoms with van der Waals surface area (Å²) in [6.45, 7) is -0.794. The monoisotopic (exact) mass is 1200 g/mol. The number of hydrogen-bond donors (Lipinski definition) is 2. The second kappa shape index (κ2) is 27.9. The number of ether oxygens (including phenoxy) is 6. The molecule has 2 amide bonds. The lowest BCUT2D eigenvalue weighted by Gasteiger charge is -2.20. The topological polar surface area (TPSA) is 243 Å². The molecule has 0 radical (unpaired) electrons. The summed E-state index contributed by atoms with van der Waals surface area (Å²) in [6.07, 6.45) is 6.12. The van der Waals surface area contributed by atoms with Crippen LogP contribution in [0, 0.1) is 21.7 Å². The quantitative estimate of drug-likeness (QED) is 0.0313. The highest BCUT2D eigenvalue weighted by Crippen LogP contribution is 2.52. The molecule has 440 valence electrons. The van der Waals surface area contributed by atoms with Gasteiger partial charge in [-0.3, -0.25) is 23.4 Å². The Morgan fingerprint density at radius 3 is 1.35 bits per heavy atom. The SMILES string of the molecule is COc1cc2c(c(OC)c1OC)-c1ccc(SC)c(=O)cc1[C@@H](NC(=O)Cc1cc(F)cc(COS(C)(=O)=O)c1)CC2.COc1cc2c(c(OC)c1OC)-c1ccc(SC)c(=O)cc1[C@@H](NC(=O)Cc1cc(F)cc(CO[N+](=O)[O-])c1)CC2. The van der Waals surface area contributed by atoms with E-state index in [1.165, 1.54) is 96.5 Å². The minimum atomic E-state index is -3.73. The average Bonchev–Trinajstić information content (AvgIpc) is 3.32. The smallest absolute Gasteiger partial charge is 0.294 e. The van der Waals surface area contributed by atoms with Gasteiger partial charge in [-0.1, -0.05) is 24.3 Å². The predicted octanol–water partition coefficient (Wildman–Crippen LogP) is 9.08. The Labute approximate surface area is 486 Å². The Balaban J connectivity index is 0.000000239. The van der Waals surface area contributed by atoms with Crippen molar-refractivity contribution in [2.75, 3.05) is 61.4 Å². The van der Waals surface area contributed by atoms with Crippen LogP contribution in [0.25, 0.3) is 22.3 Å². The van der Waals surface area contributed by atoms with Crippen molar-refractivity contribution in [3.05, 3.63) is 172 Å². The number of nitrogens with zero attached hydrogens (tertiary/aromatic N) is 1. The molecule has 0 bridgehead atoms. The molecule has 0 heterocycles. The molecule has 0 aromatic heterocycles. The molecule has 2 N–H and O–H groups in total. The normalized spacial score (nSPS) is 14.0. The number of carbonyl (C=O) groups excluding carboxylic acids is 2. The molecule has 0 spiro atoms. The molecule has 19 nitrogen and oxygen atoms in total. The van der Waals surface area contributed by atoms with Gasteiger partial charge in [-0.15, -0.1) is 33.6 Å². The number of aryl methyl sites for hydroxylation is 2. The van der Waals surface area contributed by atoms with Crippen LogP contribution >= 0.6 is 23.5 Å². The van der Waals surface area contributed by atoms with E-state index in [4.69, 9.17) is 32.6 Å². The standard InChI is InChI=1S/C30H32FNO8S2.C29H29FN2O8S/c1-37-25-14-19-6-8-23(32-27(34)13-17-10-18(12-20(31)11-17)16-40-42(5,35)36)22-15-24(33)26(41-4)9-7-21(22)28(19)30(39-3)29(25)38-2;1-37-24-13-18-5-7-22(31-26(34)12-16-9-17(11-19(30)10-16)15-40-32(35)36)21-14-23(33)25(41-4)8-6-20(21)27(18)29(39-3)28(24)38-2/h7,9-12,14-15,23H,6,8,13,16H2,1-5H3,(H,32,34);6,8-11,13-14,22H,5,7,12,15H2,1-4H3,(H,31,34)/t23-;22-/m00/s1. The van der Waals surface area contributed by atoms with E-state index in [0.29, 0.717) is 103 Å². The zero-order valence-electron chi connectivity index (χ0n) is 46.9. The van der Waals surface area contributed by atoms with E-state index >= 15 is 0 Å². The van der Waals surface area contributed by atoms with Crippen LogP contribution in [0.3, 0.4) is 0 Å². The fraction of sp³-hybridized carbons (Fsp3) is 0.322. The van der Waals surface area contributed by atoms with Gasteiger partial charge in [0, 0.05) is 11.1 Å². The van der Waals surface area contributed by atoms with E-state index in [1.807, 2.05) is 36.8 Å². The number of fused-ring (bicyclic) bond motifs is 6. The van der Waals surface area contributed by atoms with Crippen molar-refractivity contribution >= 4 is 45.5 Å². The van der Waals surface area contributed by atoms with Gasteiger partial charge in [-0.05, 0) is 154 Å². The van der Waals surface area contributed by atoms with Crippen molar-refractivity contribution in [3.63, 3.8) is 0 Å².